The fourth-order valence-corrected chi connectivity index (χ4v) is 3.74. The number of amidine groups is 1. The molecule has 4 heterocycles. The van der Waals surface area contributed by atoms with E-state index in [0.29, 0.717) is 18.3 Å². The first kappa shape index (κ1) is 15.3. The third-order valence-corrected chi connectivity index (χ3v) is 5.05. The molecule has 0 N–H and O–H groups in total. The van der Waals surface area contributed by atoms with Crippen molar-refractivity contribution < 1.29 is 18.9 Å². The number of imide groups is 1. The summed E-state index contributed by atoms with van der Waals surface area (Å²) in [4.78, 5) is 32.5. The summed E-state index contributed by atoms with van der Waals surface area (Å²) in [5.41, 5.74) is 1.04. The summed E-state index contributed by atoms with van der Waals surface area (Å²) in [6.45, 7) is 5.70. The molecule has 0 aromatic carbocycles. The van der Waals surface area contributed by atoms with Crippen molar-refractivity contribution in [3.05, 3.63) is 11.9 Å². The third-order valence-electron chi connectivity index (χ3n) is 5.05. The van der Waals surface area contributed by atoms with Crippen LogP contribution in [0.2, 0.25) is 0 Å². The zero-order valence-electron chi connectivity index (χ0n) is 14.2. The van der Waals surface area contributed by atoms with E-state index in [-0.39, 0.29) is 18.0 Å². The predicted octanol–water partition coefficient (Wildman–Crippen LogP) is 0.762. The lowest BCUT2D eigenvalue weighted by atomic mass is 10.1. The number of ether oxygens (including phenoxy) is 1. The number of hydrogen-bond donors (Lipinski definition) is 0. The van der Waals surface area contributed by atoms with Crippen molar-refractivity contribution in [1.29, 1.82) is 0 Å². The average molecular weight is 332 g/mol. The zero-order valence-corrected chi connectivity index (χ0v) is 14.2. The molecular formula is C16H22N5O3+. The zero-order chi connectivity index (χ0) is 17.0. The second-order valence-electron chi connectivity index (χ2n) is 6.52. The second-order valence-corrected chi connectivity index (χ2v) is 6.52. The Morgan fingerprint density at radius 2 is 2.21 bits per heavy atom. The summed E-state index contributed by atoms with van der Waals surface area (Å²) < 4.78 is 9.70. The van der Waals surface area contributed by atoms with Gasteiger partial charge in [0.05, 0.1) is 12.6 Å². The monoisotopic (exact) mass is 332 g/mol. The largest absolute Gasteiger partial charge is 0.402 e. The van der Waals surface area contributed by atoms with Crippen molar-refractivity contribution in [1.82, 2.24) is 14.4 Å². The van der Waals surface area contributed by atoms with E-state index in [2.05, 4.69) is 9.56 Å². The van der Waals surface area contributed by atoms with Gasteiger partial charge >= 0.3 is 12.0 Å². The summed E-state index contributed by atoms with van der Waals surface area (Å²) in [6.07, 6.45) is 4.25. The minimum atomic E-state index is -0.549. The van der Waals surface area contributed by atoms with Crippen molar-refractivity contribution >= 4 is 23.7 Å². The number of rotatable bonds is 3. The first-order valence-electron chi connectivity index (χ1n) is 8.43. The maximum atomic E-state index is 12.8. The highest BCUT2D eigenvalue weighted by Gasteiger charge is 2.52. The highest BCUT2D eigenvalue weighted by Crippen LogP contribution is 2.30. The standard InChI is InChI=1S/C16H22N5O3/c1-4-19-14(22)12-13(18(3)16(19)23)17-15-20(10(2)8-21(12)15)9-11-6-5-7-24-11/h8,11-12H,4-7,9H2,1-3H3/q+1. The van der Waals surface area contributed by atoms with Crippen LogP contribution in [0.15, 0.2) is 11.2 Å². The topological polar surface area (TPSA) is 71.0 Å². The molecule has 2 fully saturated rings. The number of carbonyl (C=O) groups excluding carboxylic acids is 2. The number of nitrogens with zero attached hydrogens (tertiary/aromatic N) is 5. The van der Waals surface area contributed by atoms with E-state index in [1.54, 1.807) is 14.0 Å². The molecule has 8 nitrogen and oxygen atoms in total. The number of urea groups is 1. The van der Waals surface area contributed by atoms with E-state index < -0.39 is 6.04 Å². The van der Waals surface area contributed by atoms with Crippen LogP contribution in [0.1, 0.15) is 31.5 Å². The lowest BCUT2D eigenvalue weighted by Crippen LogP contribution is -2.62. The molecule has 8 heteroatoms. The molecule has 1 aromatic heterocycles. The second kappa shape index (κ2) is 5.41. The molecule has 3 amide bonds. The Morgan fingerprint density at radius 3 is 2.88 bits per heavy atom. The van der Waals surface area contributed by atoms with Crippen LogP contribution in [-0.2, 0) is 16.1 Å². The molecule has 3 aliphatic rings. The Morgan fingerprint density at radius 1 is 1.42 bits per heavy atom. The summed E-state index contributed by atoms with van der Waals surface area (Å²) in [7, 11) is 1.67. The Balaban J connectivity index is 1.74. The van der Waals surface area contributed by atoms with Crippen LogP contribution >= 0.6 is 0 Å². The van der Waals surface area contributed by atoms with Crippen LogP contribution < -0.4 is 4.57 Å². The van der Waals surface area contributed by atoms with Gasteiger partial charge in [-0.15, -0.1) is 0 Å². The Labute approximate surface area is 140 Å². The molecule has 128 valence electrons. The van der Waals surface area contributed by atoms with Crippen molar-refractivity contribution in [3.63, 3.8) is 0 Å². The molecule has 0 radical (unpaired) electrons. The molecule has 0 spiro atoms. The van der Waals surface area contributed by atoms with Crippen molar-refractivity contribution in [2.24, 2.45) is 4.99 Å². The van der Waals surface area contributed by atoms with Gasteiger partial charge in [-0.25, -0.2) is 13.9 Å². The van der Waals surface area contributed by atoms with E-state index in [9.17, 15) is 9.59 Å². The van der Waals surface area contributed by atoms with Gasteiger partial charge in [0, 0.05) is 20.2 Å². The van der Waals surface area contributed by atoms with Crippen LogP contribution in [0.3, 0.4) is 0 Å². The van der Waals surface area contributed by atoms with Crippen LogP contribution in [0.4, 0.5) is 10.7 Å². The number of carbonyl (C=O) groups is 2. The van der Waals surface area contributed by atoms with E-state index in [1.165, 1.54) is 9.80 Å². The van der Waals surface area contributed by atoms with Gasteiger partial charge in [-0.05, 0) is 26.7 Å². The smallest absolute Gasteiger partial charge is 0.375 e. The van der Waals surface area contributed by atoms with Gasteiger partial charge in [0.2, 0.25) is 11.9 Å². The van der Waals surface area contributed by atoms with Gasteiger partial charge in [0.15, 0.2) is 0 Å². The first-order valence-corrected chi connectivity index (χ1v) is 8.43. The van der Waals surface area contributed by atoms with Crippen molar-refractivity contribution in [2.45, 2.75) is 45.4 Å². The fourth-order valence-electron chi connectivity index (χ4n) is 3.74. The molecule has 0 saturated carbocycles. The van der Waals surface area contributed by atoms with Gasteiger partial charge in [0.1, 0.15) is 11.9 Å². The number of aliphatic imine (C=N–C) groups is 1. The molecule has 24 heavy (non-hydrogen) atoms. The summed E-state index contributed by atoms with van der Waals surface area (Å²) >= 11 is 0. The van der Waals surface area contributed by atoms with Crippen LogP contribution in [0.5, 0.6) is 0 Å². The Bertz CT molecular complexity index is 747. The van der Waals surface area contributed by atoms with E-state index in [4.69, 9.17) is 4.74 Å². The van der Waals surface area contributed by atoms with Gasteiger partial charge in [-0.2, -0.15) is 0 Å². The number of likely N-dealkylation sites (N-methyl/N-ethyl adjacent to an activating group) is 2. The maximum Gasteiger partial charge on any atom is 0.402 e. The number of aromatic nitrogens is 2. The molecule has 0 bridgehead atoms. The Kier molecular flexibility index (Phi) is 3.45. The minimum Gasteiger partial charge on any atom is -0.375 e. The van der Waals surface area contributed by atoms with E-state index in [1.807, 2.05) is 17.7 Å². The first-order chi connectivity index (χ1) is 11.5. The highest BCUT2D eigenvalue weighted by atomic mass is 16.5. The van der Waals surface area contributed by atoms with Gasteiger partial charge in [0.25, 0.3) is 5.91 Å². The summed E-state index contributed by atoms with van der Waals surface area (Å²) in [6, 6.07) is -0.863. The van der Waals surface area contributed by atoms with Gasteiger partial charge in [-0.3, -0.25) is 14.6 Å². The quantitative estimate of drug-likeness (QED) is 0.767. The average Bonchev–Trinajstić information content (AvgIpc) is 3.24. The predicted molar refractivity (Wildman–Crippen MR) is 85.0 cm³/mol. The molecular weight excluding hydrogens is 310 g/mol. The molecule has 0 aliphatic carbocycles. The summed E-state index contributed by atoms with van der Waals surface area (Å²) in [5.74, 6) is 1.01. The SMILES string of the molecule is CCN1C(=O)C2C(=Nc3n(CC4CCCO4)c(C)c[n+]32)N(C)C1=O. The van der Waals surface area contributed by atoms with Gasteiger partial charge in [-0.1, -0.05) is 4.99 Å². The summed E-state index contributed by atoms with van der Waals surface area (Å²) in [5, 5.41) is 0. The molecule has 4 rings (SSSR count). The number of fused-ring (bicyclic) bond motifs is 3. The lowest BCUT2D eigenvalue weighted by Gasteiger charge is -2.32. The van der Waals surface area contributed by atoms with E-state index >= 15 is 0 Å². The number of amides is 3. The number of imidazole rings is 1. The molecule has 2 unspecified atom stereocenters. The van der Waals surface area contributed by atoms with Crippen LogP contribution in [0.25, 0.3) is 0 Å². The minimum absolute atomic E-state index is 0.186. The van der Waals surface area contributed by atoms with Crippen molar-refractivity contribution in [3.8, 4) is 0 Å². The van der Waals surface area contributed by atoms with Crippen molar-refractivity contribution in [2.75, 3.05) is 20.2 Å². The Hall–Kier alpha value is -2.22. The third kappa shape index (κ3) is 2.02. The maximum absolute atomic E-state index is 12.8. The number of aryl methyl sites for hydroxylation is 1. The molecule has 2 atom stereocenters. The van der Waals surface area contributed by atoms with Crippen LogP contribution in [0, 0.1) is 6.92 Å². The number of hydrogen-bond acceptors (Lipinski definition) is 4. The van der Waals surface area contributed by atoms with E-state index in [0.717, 1.165) is 31.7 Å². The molecule has 1 aromatic rings. The lowest BCUT2D eigenvalue weighted by molar-refractivity contribution is -0.677. The molecule has 2 saturated heterocycles. The normalized spacial score (nSPS) is 26.0. The van der Waals surface area contributed by atoms with Gasteiger partial charge < -0.3 is 4.74 Å². The molecule has 3 aliphatic heterocycles. The fraction of sp³-hybridized carbons (Fsp3) is 0.625. The highest BCUT2D eigenvalue weighted by molar-refractivity contribution is 6.19. The van der Waals surface area contributed by atoms with Crippen LogP contribution in [-0.4, -0.2) is 58.4 Å².